The monoisotopic (exact) mass is 605 g/mol. The number of nitrogens with zero attached hydrogens (tertiary/aromatic N) is 4. The first-order valence-electron chi connectivity index (χ1n) is 13.9. The molecule has 4 N–H and O–H groups in total. The molecule has 1 amide bonds. The van der Waals surface area contributed by atoms with Crippen LogP contribution in [0.25, 0.3) is 11.0 Å². The highest BCUT2D eigenvalue weighted by atomic mass is 32.2. The number of benzene rings is 3. The summed E-state index contributed by atoms with van der Waals surface area (Å²) >= 11 is 0. The Morgan fingerprint density at radius 3 is 2.44 bits per heavy atom. The maximum absolute atomic E-state index is 13.6. The molecule has 0 bridgehead atoms. The van der Waals surface area contributed by atoms with E-state index in [1.165, 1.54) is 19.2 Å². The van der Waals surface area contributed by atoms with E-state index in [0.717, 1.165) is 32.6 Å². The lowest BCUT2D eigenvalue weighted by molar-refractivity contribution is -0.117. The first-order valence-corrected chi connectivity index (χ1v) is 15.4. The molecule has 1 aliphatic rings. The molecule has 0 spiro atoms. The number of fused-ring (bicyclic) bond motifs is 1. The number of amides is 1. The zero-order valence-corrected chi connectivity index (χ0v) is 24.9. The van der Waals surface area contributed by atoms with Gasteiger partial charge in [-0.2, -0.15) is 0 Å². The Bertz CT molecular complexity index is 1690. The zero-order valence-electron chi connectivity index (χ0n) is 24.1. The molecule has 2 heterocycles. The van der Waals surface area contributed by atoms with Gasteiger partial charge in [0.1, 0.15) is 5.75 Å². The standard InChI is InChI=1S/C30H35N7O5S/c1-36-11-6-12-37(14-13-36)19-28(39)31-22-7-5-8-25(18-22)43(40,41)35-30-29(33-26-9-3-4-10-27(26)34-30)32-23-15-21(20-38)16-24(17-23)42-2/h3-5,7-10,15-18,38H,6,11-14,19-20H2,1-2H3,(H,31,39)(H,32,33)(H,34,35). The number of aliphatic hydroxyl groups is 1. The maximum Gasteiger partial charge on any atom is 0.263 e. The molecule has 0 aliphatic carbocycles. The second kappa shape index (κ2) is 13.3. The molecule has 1 fully saturated rings. The number of nitrogens with one attached hydrogen (secondary N) is 3. The quantitative estimate of drug-likeness (QED) is 0.212. The van der Waals surface area contributed by atoms with Crippen LogP contribution in [0.2, 0.25) is 0 Å². The fourth-order valence-corrected chi connectivity index (χ4v) is 5.88. The van der Waals surface area contributed by atoms with Gasteiger partial charge in [0.2, 0.25) is 5.91 Å². The molecule has 12 nitrogen and oxygen atoms in total. The predicted molar refractivity (Wildman–Crippen MR) is 166 cm³/mol. The van der Waals surface area contributed by atoms with Crippen molar-refractivity contribution in [3.8, 4) is 5.75 Å². The summed E-state index contributed by atoms with van der Waals surface area (Å²) in [7, 11) is -0.562. The minimum atomic E-state index is -4.14. The largest absolute Gasteiger partial charge is 0.497 e. The first kappa shape index (κ1) is 30.2. The molecule has 1 aliphatic heterocycles. The van der Waals surface area contributed by atoms with E-state index < -0.39 is 10.0 Å². The van der Waals surface area contributed by atoms with Gasteiger partial charge in [-0.15, -0.1) is 0 Å². The smallest absolute Gasteiger partial charge is 0.263 e. The van der Waals surface area contributed by atoms with Gasteiger partial charge in [-0.05, 0) is 74.6 Å². The summed E-state index contributed by atoms with van der Waals surface area (Å²) in [6, 6.07) is 18.3. The number of aliphatic hydroxyl groups excluding tert-OH is 1. The number of methoxy groups -OCH3 is 1. The Kier molecular flexibility index (Phi) is 9.36. The van der Waals surface area contributed by atoms with Gasteiger partial charge >= 0.3 is 0 Å². The number of anilines is 4. The van der Waals surface area contributed by atoms with Gasteiger partial charge in [0.05, 0.1) is 36.2 Å². The lowest BCUT2D eigenvalue weighted by Gasteiger charge is -2.19. The topological polar surface area (TPSA) is 149 Å². The third kappa shape index (κ3) is 7.76. The van der Waals surface area contributed by atoms with Crippen molar-refractivity contribution >= 4 is 50.0 Å². The third-order valence-electron chi connectivity index (χ3n) is 7.06. The van der Waals surface area contributed by atoms with Gasteiger partial charge in [0, 0.05) is 30.5 Å². The van der Waals surface area contributed by atoms with Crippen LogP contribution in [-0.4, -0.2) is 86.1 Å². The molecule has 226 valence electrons. The number of hydrogen-bond donors (Lipinski definition) is 4. The number of aromatic nitrogens is 2. The van der Waals surface area contributed by atoms with Crippen molar-refractivity contribution < 1.29 is 23.1 Å². The van der Waals surface area contributed by atoms with Gasteiger partial charge in [-0.25, -0.2) is 18.4 Å². The molecule has 0 saturated carbocycles. The van der Waals surface area contributed by atoms with Gasteiger partial charge in [-0.3, -0.25) is 14.4 Å². The average Bonchev–Trinajstić information content (AvgIpc) is 3.20. The molecule has 0 atom stereocenters. The number of carbonyl (C=O) groups is 1. The van der Waals surface area contributed by atoms with Crippen LogP contribution in [0.4, 0.5) is 23.0 Å². The maximum atomic E-state index is 13.6. The second-order valence-corrected chi connectivity index (χ2v) is 12.1. The Labute approximate surface area is 250 Å². The van der Waals surface area contributed by atoms with Gasteiger partial charge in [0.15, 0.2) is 11.6 Å². The van der Waals surface area contributed by atoms with E-state index in [2.05, 4.69) is 42.2 Å². The number of rotatable bonds is 10. The highest BCUT2D eigenvalue weighted by molar-refractivity contribution is 7.92. The molecule has 13 heteroatoms. The Morgan fingerprint density at radius 1 is 0.930 bits per heavy atom. The SMILES string of the molecule is COc1cc(CO)cc(Nc2nc3ccccc3nc2NS(=O)(=O)c2cccc(NC(=O)CN3CCCN(C)CC3)c2)c1. The number of likely N-dealkylation sites (N-methyl/N-ethyl adjacent to an activating group) is 1. The normalized spacial score (nSPS) is 14.7. The number of sulfonamides is 1. The van der Waals surface area contributed by atoms with Crippen LogP contribution >= 0.6 is 0 Å². The molecular weight excluding hydrogens is 570 g/mol. The summed E-state index contributed by atoms with van der Waals surface area (Å²) < 4.78 is 35.1. The molecule has 3 aromatic carbocycles. The highest BCUT2D eigenvalue weighted by Crippen LogP contribution is 2.30. The fraction of sp³-hybridized carbons (Fsp3) is 0.300. The number of carbonyl (C=O) groups excluding carboxylic acids is 1. The third-order valence-corrected chi connectivity index (χ3v) is 8.39. The molecule has 5 rings (SSSR count). The van der Waals surface area contributed by atoms with Crippen LogP contribution in [0.1, 0.15) is 12.0 Å². The van der Waals surface area contributed by atoms with E-state index in [-0.39, 0.29) is 35.6 Å². The minimum absolute atomic E-state index is 0.0207. The molecule has 1 saturated heterocycles. The van der Waals surface area contributed by atoms with Crippen molar-refractivity contribution in [2.45, 2.75) is 17.9 Å². The summed E-state index contributed by atoms with van der Waals surface area (Å²) in [4.78, 5) is 26.2. The van der Waals surface area contributed by atoms with E-state index in [1.54, 1.807) is 48.5 Å². The average molecular weight is 606 g/mol. The second-order valence-electron chi connectivity index (χ2n) is 10.4. The van der Waals surface area contributed by atoms with Crippen molar-refractivity contribution in [3.63, 3.8) is 0 Å². The van der Waals surface area contributed by atoms with Gasteiger partial charge < -0.3 is 25.4 Å². The van der Waals surface area contributed by atoms with Crippen molar-refractivity contribution in [2.75, 3.05) is 62.2 Å². The molecular formula is C30H35N7O5S. The summed E-state index contributed by atoms with van der Waals surface area (Å²) in [5.74, 6) is 0.436. The van der Waals surface area contributed by atoms with E-state index in [9.17, 15) is 18.3 Å². The van der Waals surface area contributed by atoms with Crippen LogP contribution < -0.4 is 20.1 Å². The summed E-state index contributed by atoms with van der Waals surface area (Å²) in [6.07, 6.45) is 0.984. The molecule has 43 heavy (non-hydrogen) atoms. The molecule has 4 aromatic rings. The predicted octanol–water partition coefficient (Wildman–Crippen LogP) is 3.25. The van der Waals surface area contributed by atoms with Crippen molar-refractivity contribution in [3.05, 3.63) is 72.3 Å². The molecule has 0 radical (unpaired) electrons. The zero-order chi connectivity index (χ0) is 30.4. The van der Waals surface area contributed by atoms with Gasteiger partial charge in [0.25, 0.3) is 10.0 Å². The van der Waals surface area contributed by atoms with Crippen molar-refractivity contribution in [2.24, 2.45) is 0 Å². The number of hydrogen-bond acceptors (Lipinski definition) is 10. The van der Waals surface area contributed by atoms with E-state index >= 15 is 0 Å². The fourth-order valence-electron chi connectivity index (χ4n) is 4.83. The number of ether oxygens (including phenoxy) is 1. The first-order chi connectivity index (χ1) is 20.7. The van der Waals surface area contributed by atoms with Crippen molar-refractivity contribution in [1.82, 2.24) is 19.8 Å². The molecule has 0 unspecified atom stereocenters. The van der Waals surface area contributed by atoms with E-state index in [4.69, 9.17) is 4.74 Å². The summed E-state index contributed by atoms with van der Waals surface area (Å²) in [6.45, 7) is 3.53. The van der Waals surface area contributed by atoms with Crippen molar-refractivity contribution in [1.29, 1.82) is 0 Å². The minimum Gasteiger partial charge on any atom is -0.497 e. The van der Waals surface area contributed by atoms with Crippen LogP contribution in [0.3, 0.4) is 0 Å². The molecule has 1 aromatic heterocycles. The Morgan fingerprint density at radius 2 is 1.70 bits per heavy atom. The number of para-hydroxylation sites is 2. The van der Waals surface area contributed by atoms with Gasteiger partial charge in [-0.1, -0.05) is 18.2 Å². The van der Waals surface area contributed by atoms with Crippen LogP contribution in [-0.2, 0) is 21.4 Å². The van der Waals surface area contributed by atoms with Crippen LogP contribution in [0, 0.1) is 0 Å². The summed E-state index contributed by atoms with van der Waals surface area (Å²) in [5.41, 5.74) is 2.54. The van der Waals surface area contributed by atoms with Crippen LogP contribution in [0.15, 0.2) is 71.6 Å². The Balaban J connectivity index is 1.38. The van der Waals surface area contributed by atoms with E-state index in [0.29, 0.717) is 33.7 Å². The lowest BCUT2D eigenvalue weighted by Crippen LogP contribution is -2.35. The Hall–Kier alpha value is -4.30. The highest BCUT2D eigenvalue weighted by Gasteiger charge is 2.21. The lowest BCUT2D eigenvalue weighted by atomic mass is 10.2. The van der Waals surface area contributed by atoms with Crippen LogP contribution in [0.5, 0.6) is 5.75 Å². The summed E-state index contributed by atoms with van der Waals surface area (Å²) in [5, 5.41) is 15.6. The van der Waals surface area contributed by atoms with E-state index in [1.807, 2.05) is 6.07 Å².